The van der Waals surface area contributed by atoms with Gasteiger partial charge in [-0.3, -0.25) is 4.79 Å². The van der Waals surface area contributed by atoms with Gasteiger partial charge in [0, 0.05) is 17.2 Å². The Morgan fingerprint density at radius 1 is 1.00 bits per heavy atom. The van der Waals surface area contributed by atoms with Gasteiger partial charge >= 0.3 is 0 Å². The summed E-state index contributed by atoms with van der Waals surface area (Å²) in [6.45, 7) is 1.84. The van der Waals surface area contributed by atoms with Crippen LogP contribution in [0, 0.1) is 6.92 Å². The Morgan fingerprint density at radius 3 is 2.37 bits per heavy atom. The van der Waals surface area contributed by atoms with Crippen LogP contribution in [0.1, 0.15) is 16.2 Å². The van der Waals surface area contributed by atoms with Gasteiger partial charge in [-0.25, -0.2) is 0 Å². The van der Waals surface area contributed by atoms with Gasteiger partial charge in [0.1, 0.15) is 22.3 Å². The highest BCUT2D eigenvalue weighted by atomic mass is 32.1. The van der Waals surface area contributed by atoms with Crippen LogP contribution in [0.25, 0.3) is 15.5 Å². The Hall–Kier alpha value is -3.66. The third kappa shape index (κ3) is 3.64. The van der Waals surface area contributed by atoms with Crippen LogP contribution in [0.2, 0.25) is 0 Å². The molecule has 0 spiro atoms. The molecule has 1 N–H and O–H groups in total. The summed E-state index contributed by atoms with van der Waals surface area (Å²) in [6.07, 6.45) is 0. The van der Waals surface area contributed by atoms with Crippen molar-refractivity contribution < 1.29 is 19.0 Å². The largest absolute Gasteiger partial charge is 0.497 e. The van der Waals surface area contributed by atoms with Crippen molar-refractivity contribution in [1.29, 1.82) is 0 Å². The van der Waals surface area contributed by atoms with Gasteiger partial charge in [0.05, 0.1) is 27.0 Å². The molecular weight excluding hydrogens is 406 g/mol. The van der Waals surface area contributed by atoms with Crippen molar-refractivity contribution in [3.8, 4) is 27.8 Å². The topological polar surface area (TPSA) is 99.9 Å². The van der Waals surface area contributed by atoms with Crippen molar-refractivity contribution in [2.45, 2.75) is 6.92 Å². The zero-order chi connectivity index (χ0) is 21.3. The molecule has 0 unspecified atom stereocenters. The molecule has 2 aromatic heterocycles. The Balaban J connectivity index is 1.68. The van der Waals surface area contributed by atoms with Gasteiger partial charge in [0.15, 0.2) is 5.82 Å². The second-order valence-electron chi connectivity index (χ2n) is 6.32. The summed E-state index contributed by atoms with van der Waals surface area (Å²) < 4.78 is 17.6. The number of benzene rings is 2. The first-order valence-corrected chi connectivity index (χ1v) is 9.75. The normalized spacial score (nSPS) is 10.8. The first-order valence-electron chi connectivity index (χ1n) is 8.94. The molecule has 4 rings (SSSR count). The molecule has 9 nitrogen and oxygen atoms in total. The molecule has 0 atom stereocenters. The number of aryl methyl sites for hydroxylation is 1. The first kappa shape index (κ1) is 19.6. The molecule has 0 saturated heterocycles. The number of hydrogen-bond acceptors (Lipinski definition) is 8. The number of rotatable bonds is 6. The highest BCUT2D eigenvalue weighted by molar-refractivity contribution is 7.19. The van der Waals surface area contributed by atoms with Gasteiger partial charge in [-0.2, -0.15) is 9.61 Å². The molecule has 2 heterocycles. The lowest BCUT2D eigenvalue weighted by Gasteiger charge is -2.13. The molecule has 1 amide bonds. The van der Waals surface area contributed by atoms with Crippen LogP contribution in [-0.4, -0.2) is 47.0 Å². The van der Waals surface area contributed by atoms with Crippen LogP contribution in [0.15, 0.2) is 36.4 Å². The quantitative estimate of drug-likeness (QED) is 0.505. The molecule has 0 saturated carbocycles. The molecule has 0 aliphatic carbocycles. The number of ether oxygens (including phenoxy) is 3. The minimum atomic E-state index is -0.323. The number of hydrogen-bond donors (Lipinski definition) is 1. The fourth-order valence-corrected chi connectivity index (χ4v) is 3.78. The number of nitrogens with one attached hydrogen (secondary N) is 1. The molecule has 0 bridgehead atoms. The van der Waals surface area contributed by atoms with Crippen LogP contribution in [-0.2, 0) is 0 Å². The zero-order valence-electron chi connectivity index (χ0n) is 16.8. The van der Waals surface area contributed by atoms with Gasteiger partial charge < -0.3 is 19.5 Å². The van der Waals surface area contributed by atoms with Crippen molar-refractivity contribution >= 4 is 27.9 Å². The second kappa shape index (κ2) is 7.99. The van der Waals surface area contributed by atoms with Crippen LogP contribution in [0.4, 0.5) is 5.69 Å². The number of amides is 1. The third-order valence-corrected chi connectivity index (χ3v) is 5.40. The maximum Gasteiger partial charge on any atom is 0.256 e. The molecule has 2 aromatic carbocycles. The maximum absolute atomic E-state index is 12.9. The van der Waals surface area contributed by atoms with Crippen molar-refractivity contribution in [1.82, 2.24) is 19.8 Å². The summed E-state index contributed by atoms with van der Waals surface area (Å²) in [5.74, 6) is 1.96. The standard InChI is InChI=1S/C20H19N5O4S/c1-11-22-23-20-25(11)24-19(30-20)12-5-6-17(29-4)16(9-12)21-18(26)13-7-14(27-2)10-15(8-13)28-3/h5-10H,1-4H3,(H,21,26). The summed E-state index contributed by atoms with van der Waals surface area (Å²) in [5.41, 5.74) is 1.74. The van der Waals surface area contributed by atoms with Crippen LogP contribution < -0.4 is 19.5 Å². The molecule has 30 heavy (non-hydrogen) atoms. The molecule has 0 radical (unpaired) electrons. The fraction of sp³-hybridized carbons (Fsp3) is 0.200. The minimum absolute atomic E-state index is 0.323. The van der Waals surface area contributed by atoms with E-state index in [0.29, 0.717) is 39.3 Å². The zero-order valence-corrected chi connectivity index (χ0v) is 17.6. The Bertz CT molecular complexity index is 1210. The molecular formula is C20H19N5O4S. The highest BCUT2D eigenvalue weighted by Gasteiger charge is 2.16. The Labute approximate surface area is 176 Å². The Morgan fingerprint density at radius 2 is 1.73 bits per heavy atom. The average Bonchev–Trinajstić information content (AvgIpc) is 3.35. The second-order valence-corrected chi connectivity index (χ2v) is 7.28. The molecule has 0 aliphatic heterocycles. The SMILES string of the molecule is COc1cc(OC)cc(C(=O)Nc2cc(-c3nn4c(C)nnc4s3)ccc2OC)c1. The van der Waals surface area contributed by atoms with Crippen LogP contribution >= 0.6 is 11.3 Å². The predicted octanol–water partition coefficient (Wildman–Crippen LogP) is 3.44. The van der Waals surface area contributed by atoms with Crippen molar-refractivity contribution in [3.05, 3.63) is 47.8 Å². The average molecular weight is 425 g/mol. The maximum atomic E-state index is 12.9. The van der Waals surface area contributed by atoms with Crippen molar-refractivity contribution in [3.63, 3.8) is 0 Å². The van der Waals surface area contributed by atoms with Gasteiger partial charge in [0.2, 0.25) is 4.96 Å². The monoisotopic (exact) mass is 425 g/mol. The van der Waals surface area contributed by atoms with Crippen molar-refractivity contribution in [2.75, 3.05) is 26.6 Å². The van der Waals surface area contributed by atoms with E-state index in [1.54, 1.807) is 35.9 Å². The van der Waals surface area contributed by atoms with E-state index in [0.717, 1.165) is 10.6 Å². The smallest absolute Gasteiger partial charge is 0.256 e. The molecule has 0 aliphatic rings. The number of anilines is 1. The summed E-state index contributed by atoms with van der Waals surface area (Å²) >= 11 is 1.41. The van der Waals surface area contributed by atoms with E-state index in [4.69, 9.17) is 14.2 Å². The number of methoxy groups -OCH3 is 3. The summed E-state index contributed by atoms with van der Waals surface area (Å²) in [6, 6.07) is 10.5. The third-order valence-electron chi connectivity index (χ3n) is 4.46. The summed E-state index contributed by atoms with van der Waals surface area (Å²) in [7, 11) is 4.61. The summed E-state index contributed by atoms with van der Waals surface area (Å²) in [4.78, 5) is 13.6. The fourth-order valence-electron chi connectivity index (χ4n) is 2.90. The van der Waals surface area contributed by atoms with Crippen molar-refractivity contribution in [2.24, 2.45) is 0 Å². The molecule has 154 valence electrons. The predicted molar refractivity (Wildman–Crippen MR) is 113 cm³/mol. The van der Waals surface area contributed by atoms with E-state index in [2.05, 4.69) is 20.6 Å². The lowest BCUT2D eigenvalue weighted by atomic mass is 10.1. The van der Waals surface area contributed by atoms with Gasteiger partial charge in [-0.15, -0.1) is 10.2 Å². The Kier molecular flexibility index (Phi) is 5.23. The van der Waals surface area contributed by atoms with Gasteiger partial charge in [-0.05, 0) is 37.3 Å². The molecule has 0 fully saturated rings. The highest BCUT2D eigenvalue weighted by Crippen LogP contribution is 2.33. The molecule has 4 aromatic rings. The van der Waals surface area contributed by atoms with Gasteiger partial charge in [0.25, 0.3) is 5.91 Å². The number of carbonyl (C=O) groups is 1. The van der Waals surface area contributed by atoms with E-state index >= 15 is 0 Å². The van der Waals surface area contributed by atoms with E-state index in [-0.39, 0.29) is 5.91 Å². The van der Waals surface area contributed by atoms with Gasteiger partial charge in [-0.1, -0.05) is 11.3 Å². The minimum Gasteiger partial charge on any atom is -0.497 e. The number of aromatic nitrogens is 4. The van der Waals surface area contributed by atoms with E-state index in [1.165, 1.54) is 25.6 Å². The van der Waals surface area contributed by atoms with E-state index in [1.807, 2.05) is 19.1 Å². The first-order chi connectivity index (χ1) is 14.5. The van der Waals surface area contributed by atoms with Crippen LogP contribution in [0.3, 0.4) is 0 Å². The molecule has 10 heteroatoms. The van der Waals surface area contributed by atoms with E-state index < -0.39 is 0 Å². The summed E-state index contributed by atoms with van der Waals surface area (Å²) in [5, 5.41) is 16.3. The van der Waals surface area contributed by atoms with Crippen LogP contribution in [0.5, 0.6) is 17.2 Å². The van der Waals surface area contributed by atoms with E-state index in [9.17, 15) is 4.79 Å². The lowest BCUT2D eigenvalue weighted by molar-refractivity contribution is 0.102. The number of carbonyl (C=O) groups excluding carboxylic acids is 1. The number of fused-ring (bicyclic) bond motifs is 1. The lowest BCUT2D eigenvalue weighted by Crippen LogP contribution is -2.13. The number of nitrogens with zero attached hydrogens (tertiary/aromatic N) is 4.